The van der Waals surface area contributed by atoms with Gasteiger partial charge in [0.15, 0.2) is 0 Å². The smallest absolute Gasteiger partial charge is 0.410 e. The molecule has 2 amide bonds. The van der Waals surface area contributed by atoms with Crippen LogP contribution < -0.4 is 5.32 Å². The maximum atomic E-state index is 12.1. The average Bonchev–Trinajstić information content (AvgIpc) is 2.93. The molecule has 0 saturated carbocycles. The minimum Gasteiger partial charge on any atom is -0.480 e. The van der Waals surface area contributed by atoms with E-state index >= 15 is 0 Å². The summed E-state index contributed by atoms with van der Waals surface area (Å²) in [6.07, 6.45) is -1.52. The lowest BCUT2D eigenvalue weighted by atomic mass is 10.2. The second-order valence-electron chi connectivity index (χ2n) is 5.21. The topological polar surface area (TPSA) is 116 Å². The number of hydrogen-bond acceptors (Lipinski definition) is 5. The van der Waals surface area contributed by atoms with Crippen molar-refractivity contribution >= 4 is 18.0 Å². The van der Waals surface area contributed by atoms with Gasteiger partial charge >= 0.3 is 12.1 Å². The number of aliphatic carboxylic acids is 1. The number of carboxylic acid groups (broad SMARTS) is 1. The third kappa shape index (κ3) is 4.68. The predicted octanol–water partition coefficient (Wildman–Crippen LogP) is -0.0408. The van der Waals surface area contributed by atoms with Gasteiger partial charge in [0.2, 0.25) is 5.91 Å². The Morgan fingerprint density at radius 3 is 2.61 bits per heavy atom. The molecule has 8 nitrogen and oxygen atoms in total. The van der Waals surface area contributed by atoms with Crippen LogP contribution in [0.1, 0.15) is 12.0 Å². The van der Waals surface area contributed by atoms with Gasteiger partial charge in [-0.25, -0.2) is 4.79 Å². The number of likely N-dealkylation sites (tertiary alicyclic amines) is 1. The molecule has 0 radical (unpaired) electrons. The summed E-state index contributed by atoms with van der Waals surface area (Å²) in [6.45, 7) is -0.521. The first-order valence-electron chi connectivity index (χ1n) is 7.12. The molecular weight excluding hydrogens is 304 g/mol. The Morgan fingerprint density at radius 1 is 1.26 bits per heavy atom. The first kappa shape index (κ1) is 16.8. The lowest BCUT2D eigenvalue weighted by Crippen LogP contribution is -2.47. The highest BCUT2D eigenvalue weighted by atomic mass is 16.6. The van der Waals surface area contributed by atoms with Gasteiger partial charge in [0, 0.05) is 6.42 Å². The molecule has 23 heavy (non-hydrogen) atoms. The molecule has 124 valence electrons. The summed E-state index contributed by atoms with van der Waals surface area (Å²) in [4.78, 5) is 35.7. The zero-order valence-electron chi connectivity index (χ0n) is 12.3. The first-order valence-corrected chi connectivity index (χ1v) is 7.12. The molecule has 1 fully saturated rings. The third-order valence-electron chi connectivity index (χ3n) is 3.44. The van der Waals surface area contributed by atoms with Crippen LogP contribution in [-0.4, -0.2) is 58.3 Å². The summed E-state index contributed by atoms with van der Waals surface area (Å²) in [5.41, 5.74) is 0.799. The summed E-state index contributed by atoms with van der Waals surface area (Å²) < 4.78 is 5.15. The SMILES string of the molecule is O=C(O)CNC(=O)[C@@H]1C[C@@H](O)CN1C(=O)OCc1ccccc1. The number of rotatable bonds is 5. The van der Waals surface area contributed by atoms with E-state index in [-0.39, 0.29) is 19.6 Å². The van der Waals surface area contributed by atoms with E-state index in [1.54, 1.807) is 12.1 Å². The number of carboxylic acids is 1. The largest absolute Gasteiger partial charge is 0.480 e. The highest BCUT2D eigenvalue weighted by Gasteiger charge is 2.39. The van der Waals surface area contributed by atoms with Gasteiger partial charge in [0.1, 0.15) is 19.2 Å². The minimum absolute atomic E-state index is 0.0290. The van der Waals surface area contributed by atoms with E-state index in [0.717, 1.165) is 10.5 Å². The fourth-order valence-corrected chi connectivity index (χ4v) is 2.35. The Morgan fingerprint density at radius 2 is 1.96 bits per heavy atom. The van der Waals surface area contributed by atoms with Crippen molar-refractivity contribution in [3.8, 4) is 0 Å². The Labute approximate surface area is 132 Å². The zero-order chi connectivity index (χ0) is 16.8. The van der Waals surface area contributed by atoms with Crippen molar-refractivity contribution in [1.82, 2.24) is 10.2 Å². The standard InChI is InChI=1S/C15H18N2O6/c18-11-6-12(14(21)16-7-13(19)20)17(8-11)15(22)23-9-10-4-2-1-3-5-10/h1-5,11-12,18H,6-9H2,(H,16,21)(H,19,20)/t11-,12+/m1/s1. The molecule has 1 aliphatic heterocycles. The van der Waals surface area contributed by atoms with E-state index in [9.17, 15) is 19.5 Å². The van der Waals surface area contributed by atoms with E-state index in [1.807, 2.05) is 18.2 Å². The fraction of sp³-hybridized carbons (Fsp3) is 0.400. The molecule has 1 saturated heterocycles. The molecule has 1 aromatic carbocycles. The summed E-state index contributed by atoms with van der Waals surface area (Å²) >= 11 is 0. The van der Waals surface area contributed by atoms with Gasteiger partial charge in [0.25, 0.3) is 0 Å². The second kappa shape index (κ2) is 7.59. The molecule has 0 bridgehead atoms. The number of nitrogens with one attached hydrogen (secondary N) is 1. The maximum Gasteiger partial charge on any atom is 0.410 e. The molecule has 0 unspecified atom stereocenters. The van der Waals surface area contributed by atoms with Crippen molar-refractivity contribution in [1.29, 1.82) is 0 Å². The molecule has 1 aromatic rings. The van der Waals surface area contributed by atoms with Crippen molar-refractivity contribution < 1.29 is 29.3 Å². The normalized spacial score (nSPS) is 20.1. The van der Waals surface area contributed by atoms with Gasteiger partial charge in [0.05, 0.1) is 12.6 Å². The Kier molecular flexibility index (Phi) is 5.53. The van der Waals surface area contributed by atoms with Crippen LogP contribution in [0.15, 0.2) is 30.3 Å². The number of aliphatic hydroxyl groups is 1. The number of aliphatic hydroxyl groups excluding tert-OH is 1. The van der Waals surface area contributed by atoms with Gasteiger partial charge in [-0.05, 0) is 5.56 Å². The summed E-state index contributed by atoms with van der Waals surface area (Å²) in [6, 6.07) is 8.11. The Hall–Kier alpha value is -2.61. The number of β-amino-alcohol motifs (C(OH)–C–C–N with tert-alkyl or cyclic N) is 1. The summed E-state index contributed by atoms with van der Waals surface area (Å²) in [7, 11) is 0. The van der Waals surface area contributed by atoms with E-state index in [4.69, 9.17) is 9.84 Å². The number of nitrogens with zero attached hydrogens (tertiary/aromatic N) is 1. The van der Waals surface area contributed by atoms with Crippen molar-refractivity contribution in [2.24, 2.45) is 0 Å². The third-order valence-corrected chi connectivity index (χ3v) is 3.44. The van der Waals surface area contributed by atoms with Crippen molar-refractivity contribution in [2.45, 2.75) is 25.2 Å². The Bertz CT molecular complexity index is 577. The predicted molar refractivity (Wildman–Crippen MR) is 78.4 cm³/mol. The van der Waals surface area contributed by atoms with Crippen LogP contribution in [0.25, 0.3) is 0 Å². The molecule has 1 aliphatic rings. The molecule has 2 rings (SSSR count). The van der Waals surface area contributed by atoms with Gasteiger partial charge < -0.3 is 20.3 Å². The molecular formula is C15H18N2O6. The number of carbonyl (C=O) groups is 3. The van der Waals surface area contributed by atoms with Crippen LogP contribution in [0.4, 0.5) is 4.79 Å². The number of amides is 2. The van der Waals surface area contributed by atoms with E-state index in [1.165, 1.54) is 0 Å². The number of benzene rings is 1. The molecule has 3 N–H and O–H groups in total. The lowest BCUT2D eigenvalue weighted by molar-refractivity contribution is -0.138. The molecule has 8 heteroatoms. The molecule has 0 spiro atoms. The van der Waals surface area contributed by atoms with E-state index < -0.39 is 36.7 Å². The van der Waals surface area contributed by atoms with Gasteiger partial charge in [-0.2, -0.15) is 0 Å². The zero-order valence-corrected chi connectivity index (χ0v) is 12.3. The van der Waals surface area contributed by atoms with E-state index in [2.05, 4.69) is 5.32 Å². The van der Waals surface area contributed by atoms with Crippen LogP contribution in [0.5, 0.6) is 0 Å². The van der Waals surface area contributed by atoms with Gasteiger partial charge in [-0.15, -0.1) is 0 Å². The quantitative estimate of drug-likeness (QED) is 0.700. The molecule has 2 atom stereocenters. The summed E-state index contributed by atoms with van der Waals surface area (Å²) in [5.74, 6) is -1.81. The van der Waals surface area contributed by atoms with Crippen LogP contribution >= 0.6 is 0 Å². The average molecular weight is 322 g/mol. The van der Waals surface area contributed by atoms with Crippen LogP contribution in [0, 0.1) is 0 Å². The highest BCUT2D eigenvalue weighted by molar-refractivity contribution is 5.88. The maximum absolute atomic E-state index is 12.1. The highest BCUT2D eigenvalue weighted by Crippen LogP contribution is 2.19. The monoisotopic (exact) mass is 322 g/mol. The van der Waals surface area contributed by atoms with Crippen LogP contribution in [-0.2, 0) is 20.9 Å². The second-order valence-corrected chi connectivity index (χ2v) is 5.21. The molecule has 0 aliphatic carbocycles. The van der Waals surface area contributed by atoms with Crippen LogP contribution in [0.2, 0.25) is 0 Å². The molecule has 0 aromatic heterocycles. The van der Waals surface area contributed by atoms with Gasteiger partial charge in [-0.3, -0.25) is 14.5 Å². The van der Waals surface area contributed by atoms with E-state index in [0.29, 0.717) is 0 Å². The van der Waals surface area contributed by atoms with Crippen molar-refractivity contribution in [3.05, 3.63) is 35.9 Å². The van der Waals surface area contributed by atoms with Crippen molar-refractivity contribution in [3.63, 3.8) is 0 Å². The number of ether oxygens (including phenoxy) is 1. The first-order chi connectivity index (χ1) is 11.0. The Balaban J connectivity index is 1.93. The van der Waals surface area contributed by atoms with Crippen molar-refractivity contribution in [2.75, 3.05) is 13.1 Å². The fourth-order valence-electron chi connectivity index (χ4n) is 2.35. The number of hydrogen-bond donors (Lipinski definition) is 3. The van der Waals surface area contributed by atoms with Gasteiger partial charge in [-0.1, -0.05) is 30.3 Å². The van der Waals surface area contributed by atoms with Crippen LogP contribution in [0.3, 0.4) is 0 Å². The minimum atomic E-state index is -1.19. The molecule has 1 heterocycles. The summed E-state index contributed by atoms with van der Waals surface area (Å²) in [5, 5.41) is 20.5. The number of carbonyl (C=O) groups excluding carboxylic acids is 2. The lowest BCUT2D eigenvalue weighted by Gasteiger charge is -2.22.